The maximum absolute atomic E-state index is 13.2. The summed E-state index contributed by atoms with van der Waals surface area (Å²) in [6.07, 6.45) is 8.94. The number of carbonyl (C=O) groups is 1. The highest BCUT2D eigenvalue weighted by atomic mass is 16.5. The molecular formula is C28H35N5O3. The van der Waals surface area contributed by atoms with E-state index in [0.717, 1.165) is 74.0 Å². The van der Waals surface area contributed by atoms with E-state index in [1.54, 1.807) is 19.2 Å². The van der Waals surface area contributed by atoms with Gasteiger partial charge in [0.2, 0.25) is 17.7 Å². The molecule has 1 aromatic heterocycles. The van der Waals surface area contributed by atoms with Gasteiger partial charge in [0.25, 0.3) is 0 Å². The fourth-order valence-corrected chi connectivity index (χ4v) is 5.08. The van der Waals surface area contributed by atoms with Crippen molar-refractivity contribution in [2.24, 2.45) is 5.92 Å². The largest absolute Gasteiger partial charge is 0.481 e. The molecule has 1 saturated carbocycles. The molecule has 1 amide bonds. The Morgan fingerprint density at radius 3 is 2.64 bits per heavy atom. The highest BCUT2D eigenvalue weighted by Crippen LogP contribution is 2.44. The third-order valence-corrected chi connectivity index (χ3v) is 7.31. The predicted molar refractivity (Wildman–Crippen MR) is 141 cm³/mol. The Labute approximate surface area is 212 Å². The molecule has 8 nitrogen and oxygen atoms in total. The zero-order chi connectivity index (χ0) is 25.1. The molecule has 0 radical (unpaired) electrons. The van der Waals surface area contributed by atoms with Crippen molar-refractivity contribution >= 4 is 23.4 Å². The van der Waals surface area contributed by atoms with Gasteiger partial charge in [-0.15, -0.1) is 0 Å². The molecule has 0 spiro atoms. The van der Waals surface area contributed by atoms with Crippen LogP contribution in [-0.2, 0) is 11.2 Å². The van der Waals surface area contributed by atoms with Gasteiger partial charge in [0.1, 0.15) is 5.75 Å². The van der Waals surface area contributed by atoms with E-state index in [4.69, 9.17) is 14.9 Å². The highest BCUT2D eigenvalue weighted by Gasteiger charge is 2.39. The number of nitrogens with zero attached hydrogens (tertiary/aromatic N) is 2. The number of methoxy groups -OCH3 is 1. The minimum atomic E-state index is 0.133. The molecule has 3 N–H and O–H groups in total. The average Bonchev–Trinajstić information content (AvgIpc) is 3.76. The molecule has 2 aromatic rings. The van der Waals surface area contributed by atoms with Gasteiger partial charge >= 0.3 is 0 Å². The van der Waals surface area contributed by atoms with Gasteiger partial charge in [-0.1, -0.05) is 6.07 Å². The lowest BCUT2D eigenvalue weighted by molar-refractivity contribution is -0.120. The van der Waals surface area contributed by atoms with Crippen molar-refractivity contribution in [2.75, 3.05) is 25.1 Å². The van der Waals surface area contributed by atoms with E-state index in [-0.39, 0.29) is 17.9 Å². The van der Waals surface area contributed by atoms with E-state index in [1.807, 2.05) is 29.3 Å². The molecule has 1 saturated heterocycles. The Morgan fingerprint density at radius 1 is 1.14 bits per heavy atom. The van der Waals surface area contributed by atoms with Crippen molar-refractivity contribution in [1.82, 2.24) is 15.6 Å². The van der Waals surface area contributed by atoms with Crippen molar-refractivity contribution in [3.8, 4) is 17.5 Å². The third kappa shape index (κ3) is 5.09. The normalized spacial score (nSPS) is 20.4. The zero-order valence-corrected chi connectivity index (χ0v) is 21.0. The Balaban J connectivity index is 1.56. The van der Waals surface area contributed by atoms with Crippen LogP contribution in [-0.4, -0.2) is 49.4 Å². The number of benzene rings is 1. The first kappa shape index (κ1) is 24.3. The van der Waals surface area contributed by atoms with Gasteiger partial charge in [-0.2, -0.15) is 4.98 Å². The summed E-state index contributed by atoms with van der Waals surface area (Å²) in [5.41, 5.74) is 3.43. The van der Waals surface area contributed by atoms with Crippen LogP contribution >= 0.6 is 0 Å². The minimum Gasteiger partial charge on any atom is -0.481 e. The Kier molecular flexibility index (Phi) is 7.23. The maximum Gasteiger partial charge on any atom is 0.230 e. The van der Waals surface area contributed by atoms with Crippen molar-refractivity contribution in [2.45, 2.75) is 57.5 Å². The van der Waals surface area contributed by atoms with Gasteiger partial charge in [0, 0.05) is 59.2 Å². The number of rotatable bonds is 8. The molecule has 0 bridgehead atoms. The van der Waals surface area contributed by atoms with E-state index in [0.29, 0.717) is 23.6 Å². The summed E-state index contributed by atoms with van der Waals surface area (Å²) < 4.78 is 11.8. The number of allylic oxidation sites excluding steroid dienone is 1. The number of nitrogens with one attached hydrogen (secondary N) is 3. The molecule has 36 heavy (non-hydrogen) atoms. The van der Waals surface area contributed by atoms with Crippen LogP contribution in [0.5, 0.6) is 17.5 Å². The number of hydrogen-bond donors (Lipinski definition) is 3. The number of piperidine rings is 1. The van der Waals surface area contributed by atoms with Gasteiger partial charge in [-0.3, -0.25) is 4.79 Å². The molecule has 190 valence electrons. The smallest absolute Gasteiger partial charge is 0.230 e. The van der Waals surface area contributed by atoms with E-state index in [9.17, 15) is 4.79 Å². The third-order valence-electron chi connectivity index (χ3n) is 7.31. The fraction of sp³-hybridized carbons (Fsp3) is 0.464. The minimum absolute atomic E-state index is 0.133. The van der Waals surface area contributed by atoms with Crippen molar-refractivity contribution in [3.63, 3.8) is 0 Å². The first-order valence-corrected chi connectivity index (χ1v) is 12.9. The molecule has 5 rings (SSSR count). The average molecular weight is 490 g/mol. The monoisotopic (exact) mass is 489 g/mol. The van der Waals surface area contributed by atoms with Crippen LogP contribution in [0.15, 0.2) is 36.5 Å². The van der Waals surface area contributed by atoms with Crippen LogP contribution in [0.4, 0.5) is 5.69 Å². The Bertz CT molecular complexity index is 1150. The molecule has 8 heteroatoms. The number of pyridine rings is 1. The molecule has 3 aliphatic rings. The lowest BCUT2D eigenvalue weighted by Crippen LogP contribution is -2.43. The molecule has 1 atom stereocenters. The van der Waals surface area contributed by atoms with Crippen LogP contribution in [0.3, 0.4) is 0 Å². The number of hydrogen-bond acceptors (Lipinski definition) is 7. The van der Waals surface area contributed by atoms with Crippen LogP contribution in [0.2, 0.25) is 0 Å². The summed E-state index contributed by atoms with van der Waals surface area (Å²) in [5, 5.41) is 15.1. The Morgan fingerprint density at radius 2 is 1.92 bits per heavy atom. The van der Waals surface area contributed by atoms with E-state index in [1.165, 1.54) is 6.21 Å². The zero-order valence-electron chi connectivity index (χ0n) is 21.0. The van der Waals surface area contributed by atoms with Gasteiger partial charge in [-0.25, -0.2) is 0 Å². The fourth-order valence-electron chi connectivity index (χ4n) is 5.08. The SMILES string of the molecule is COc1cccc(Oc2c(/C(C=N)=C/NC3CCNCC3)ccc3c2CC[C@H](C)N3C(=O)C2CC2)n1. The quantitative estimate of drug-likeness (QED) is 0.479. The number of ether oxygens (including phenoxy) is 2. The number of carbonyl (C=O) groups excluding carboxylic acids is 1. The highest BCUT2D eigenvalue weighted by molar-refractivity contribution is 6.10. The van der Waals surface area contributed by atoms with Gasteiger partial charge in [0.15, 0.2) is 0 Å². The van der Waals surface area contributed by atoms with Crippen LogP contribution in [0.25, 0.3) is 5.57 Å². The number of anilines is 1. The molecule has 1 aliphatic carbocycles. The van der Waals surface area contributed by atoms with E-state index in [2.05, 4.69) is 22.5 Å². The van der Waals surface area contributed by atoms with Crippen LogP contribution in [0.1, 0.15) is 50.2 Å². The summed E-state index contributed by atoms with van der Waals surface area (Å²) in [5.74, 6) is 1.87. The predicted octanol–water partition coefficient (Wildman–Crippen LogP) is 4.29. The summed E-state index contributed by atoms with van der Waals surface area (Å²) in [6.45, 7) is 4.10. The van der Waals surface area contributed by atoms with Crippen LogP contribution in [0, 0.1) is 11.3 Å². The van der Waals surface area contributed by atoms with Gasteiger partial charge in [-0.05, 0) is 70.7 Å². The molecule has 2 fully saturated rings. The van der Waals surface area contributed by atoms with Gasteiger partial charge in [0.05, 0.1) is 12.8 Å². The second-order valence-electron chi connectivity index (χ2n) is 9.87. The number of fused-ring (bicyclic) bond motifs is 1. The van der Waals surface area contributed by atoms with E-state index < -0.39 is 0 Å². The Hall–Kier alpha value is -3.39. The van der Waals surface area contributed by atoms with Gasteiger partial charge < -0.3 is 30.4 Å². The second-order valence-corrected chi connectivity index (χ2v) is 9.87. The standard InChI is InChI=1S/C28H35N5O3/c1-18-6-9-23-24(33(18)28(34)19-7-8-19)11-10-22(20(16-29)17-31-21-12-14-30-15-13-21)27(23)36-26-5-3-4-25(32-26)35-2/h3-5,10-11,16-19,21,29-31H,6-9,12-15H2,1-2H3/b20-17+,29-16?/t18-/m0/s1. The van der Waals surface area contributed by atoms with E-state index >= 15 is 0 Å². The lowest BCUT2D eigenvalue weighted by Gasteiger charge is -2.36. The lowest BCUT2D eigenvalue weighted by atomic mass is 9.91. The molecule has 3 heterocycles. The summed E-state index contributed by atoms with van der Waals surface area (Å²) in [4.78, 5) is 19.7. The molecule has 2 aliphatic heterocycles. The first-order chi connectivity index (χ1) is 17.6. The summed E-state index contributed by atoms with van der Waals surface area (Å²) in [6, 6.07) is 9.92. The van der Waals surface area contributed by atoms with Crippen molar-refractivity contribution < 1.29 is 14.3 Å². The molecule has 0 unspecified atom stereocenters. The second kappa shape index (κ2) is 10.7. The number of aromatic nitrogens is 1. The summed E-state index contributed by atoms with van der Waals surface area (Å²) >= 11 is 0. The topological polar surface area (TPSA) is 99.6 Å². The number of amides is 1. The van der Waals surface area contributed by atoms with Crippen molar-refractivity contribution in [1.29, 1.82) is 5.41 Å². The van der Waals surface area contributed by atoms with Crippen LogP contribution < -0.4 is 25.0 Å². The summed E-state index contributed by atoms with van der Waals surface area (Å²) in [7, 11) is 1.58. The molecular weight excluding hydrogens is 454 g/mol. The maximum atomic E-state index is 13.2. The first-order valence-electron chi connectivity index (χ1n) is 12.9. The van der Waals surface area contributed by atoms with Crippen molar-refractivity contribution in [3.05, 3.63) is 47.7 Å². The molecule has 1 aromatic carbocycles.